The van der Waals surface area contributed by atoms with E-state index >= 15 is 0 Å². The minimum absolute atomic E-state index is 0.0648. The Balaban J connectivity index is 1.94. The van der Waals surface area contributed by atoms with Crippen LogP contribution in [0.1, 0.15) is 67.0 Å². The van der Waals surface area contributed by atoms with E-state index in [9.17, 15) is 4.79 Å². The van der Waals surface area contributed by atoms with E-state index in [4.69, 9.17) is 0 Å². The van der Waals surface area contributed by atoms with Crippen molar-refractivity contribution >= 4 is 5.91 Å². The highest BCUT2D eigenvalue weighted by molar-refractivity contribution is 5.95. The summed E-state index contributed by atoms with van der Waals surface area (Å²) in [5.41, 5.74) is 3.14. The van der Waals surface area contributed by atoms with Gasteiger partial charge in [-0.2, -0.15) is 5.10 Å². The molecule has 1 fully saturated rings. The van der Waals surface area contributed by atoms with E-state index in [1.807, 2.05) is 31.7 Å². The van der Waals surface area contributed by atoms with Gasteiger partial charge in [-0.25, -0.2) is 14.6 Å². The molecule has 2 aromatic heterocycles. The van der Waals surface area contributed by atoms with Crippen LogP contribution in [-0.4, -0.2) is 42.6 Å². The molecule has 0 unspecified atom stereocenters. The molecule has 6 heteroatoms. The first-order valence-electron chi connectivity index (χ1n) is 9.08. The number of carbonyl (C=O) groups excluding carboxylic acids is 1. The first-order valence-corrected chi connectivity index (χ1v) is 9.08. The molecule has 1 saturated carbocycles. The van der Waals surface area contributed by atoms with Crippen LogP contribution >= 0.6 is 0 Å². The fourth-order valence-corrected chi connectivity index (χ4v) is 3.73. The molecule has 2 aromatic rings. The summed E-state index contributed by atoms with van der Waals surface area (Å²) in [6, 6.07) is 2.44. The molecular formula is C19H27N5O. The Hall–Kier alpha value is -2.24. The summed E-state index contributed by atoms with van der Waals surface area (Å²) in [7, 11) is 0. The van der Waals surface area contributed by atoms with Gasteiger partial charge in [-0.05, 0) is 53.5 Å². The highest BCUT2D eigenvalue weighted by atomic mass is 16.2. The predicted molar refractivity (Wildman–Crippen MR) is 96.9 cm³/mol. The number of hydrogen-bond donors (Lipinski definition) is 0. The fraction of sp³-hybridized carbons (Fsp3) is 0.579. The summed E-state index contributed by atoms with van der Waals surface area (Å²) >= 11 is 0. The van der Waals surface area contributed by atoms with Crippen LogP contribution in [0, 0.1) is 20.8 Å². The zero-order valence-electron chi connectivity index (χ0n) is 15.8. The van der Waals surface area contributed by atoms with Gasteiger partial charge in [-0.1, -0.05) is 12.8 Å². The van der Waals surface area contributed by atoms with Gasteiger partial charge in [0.15, 0.2) is 0 Å². The molecule has 0 saturated heterocycles. The minimum atomic E-state index is 0.0648. The summed E-state index contributed by atoms with van der Waals surface area (Å²) in [6.07, 6.45) is 6.37. The summed E-state index contributed by atoms with van der Waals surface area (Å²) in [6.45, 7) is 9.91. The molecule has 2 heterocycles. The number of aromatic nitrogens is 4. The first kappa shape index (κ1) is 17.6. The number of aryl methyl sites for hydroxylation is 3. The molecule has 25 heavy (non-hydrogen) atoms. The van der Waals surface area contributed by atoms with Crippen LogP contribution in [0.15, 0.2) is 12.3 Å². The molecule has 134 valence electrons. The van der Waals surface area contributed by atoms with Gasteiger partial charge < -0.3 is 4.90 Å². The van der Waals surface area contributed by atoms with Crippen LogP contribution in [-0.2, 0) is 0 Å². The van der Waals surface area contributed by atoms with Crippen molar-refractivity contribution in [3.05, 3.63) is 34.9 Å². The molecule has 0 aromatic carbocycles. The van der Waals surface area contributed by atoms with Crippen LogP contribution < -0.4 is 0 Å². The Kier molecular flexibility index (Phi) is 4.88. The molecule has 0 N–H and O–H groups in total. The van der Waals surface area contributed by atoms with Gasteiger partial charge in [0.05, 0.1) is 11.3 Å². The second kappa shape index (κ2) is 6.94. The van der Waals surface area contributed by atoms with Crippen molar-refractivity contribution in [1.29, 1.82) is 0 Å². The monoisotopic (exact) mass is 341 g/mol. The SMILES string of the molecule is Cc1cc(C)nc(-n2cc(C(=O)N(C(C)C)C3CCCC3)c(C)n2)n1. The number of hydrogen-bond acceptors (Lipinski definition) is 4. The van der Waals surface area contributed by atoms with E-state index in [1.54, 1.807) is 10.9 Å². The molecule has 0 radical (unpaired) electrons. The van der Waals surface area contributed by atoms with Gasteiger partial charge in [-0.3, -0.25) is 4.79 Å². The summed E-state index contributed by atoms with van der Waals surface area (Å²) < 4.78 is 1.62. The first-order chi connectivity index (χ1) is 11.9. The largest absolute Gasteiger partial charge is 0.333 e. The Morgan fingerprint density at radius 3 is 2.32 bits per heavy atom. The second-order valence-electron chi connectivity index (χ2n) is 7.27. The third-order valence-electron chi connectivity index (χ3n) is 4.81. The molecule has 0 spiro atoms. The number of carbonyl (C=O) groups is 1. The Labute approximate surface area is 149 Å². The molecule has 3 rings (SSSR count). The lowest BCUT2D eigenvalue weighted by molar-refractivity contribution is 0.0612. The lowest BCUT2D eigenvalue weighted by atomic mass is 10.1. The topological polar surface area (TPSA) is 63.9 Å². The van der Waals surface area contributed by atoms with Crippen molar-refractivity contribution in [3.63, 3.8) is 0 Å². The van der Waals surface area contributed by atoms with E-state index in [1.165, 1.54) is 12.8 Å². The molecule has 0 atom stereocenters. The fourth-order valence-electron chi connectivity index (χ4n) is 3.73. The summed E-state index contributed by atoms with van der Waals surface area (Å²) in [4.78, 5) is 24.1. The third kappa shape index (κ3) is 3.57. The van der Waals surface area contributed by atoms with Gasteiger partial charge in [0.1, 0.15) is 0 Å². The maximum absolute atomic E-state index is 13.2. The lowest BCUT2D eigenvalue weighted by Gasteiger charge is -2.32. The van der Waals surface area contributed by atoms with Crippen molar-refractivity contribution < 1.29 is 4.79 Å². The predicted octanol–water partition coefficient (Wildman–Crippen LogP) is 3.38. The van der Waals surface area contributed by atoms with Crippen molar-refractivity contribution in [2.24, 2.45) is 0 Å². The van der Waals surface area contributed by atoms with E-state index in [2.05, 4.69) is 28.9 Å². The zero-order valence-corrected chi connectivity index (χ0v) is 15.8. The van der Waals surface area contributed by atoms with Crippen molar-refractivity contribution in [2.75, 3.05) is 0 Å². The molecule has 1 aliphatic carbocycles. The van der Waals surface area contributed by atoms with Gasteiger partial charge >= 0.3 is 0 Å². The lowest BCUT2D eigenvalue weighted by Crippen LogP contribution is -2.43. The summed E-state index contributed by atoms with van der Waals surface area (Å²) in [5.74, 6) is 0.576. The Bertz CT molecular complexity index is 754. The van der Waals surface area contributed by atoms with Gasteiger partial charge in [0.2, 0.25) is 0 Å². The van der Waals surface area contributed by atoms with Crippen LogP contribution in [0.4, 0.5) is 0 Å². The highest BCUT2D eigenvalue weighted by Crippen LogP contribution is 2.27. The van der Waals surface area contributed by atoms with Crippen molar-refractivity contribution in [3.8, 4) is 5.95 Å². The highest BCUT2D eigenvalue weighted by Gasteiger charge is 2.31. The molecular weight excluding hydrogens is 314 g/mol. The normalized spacial score (nSPS) is 15.1. The maximum Gasteiger partial charge on any atom is 0.257 e. The smallest absolute Gasteiger partial charge is 0.257 e. The van der Waals surface area contributed by atoms with Gasteiger partial charge in [0.25, 0.3) is 11.9 Å². The van der Waals surface area contributed by atoms with E-state index in [-0.39, 0.29) is 11.9 Å². The van der Waals surface area contributed by atoms with Gasteiger partial charge in [-0.15, -0.1) is 0 Å². The van der Waals surface area contributed by atoms with E-state index in [0.717, 1.165) is 29.9 Å². The van der Waals surface area contributed by atoms with E-state index in [0.29, 0.717) is 17.6 Å². The average Bonchev–Trinajstić information content (AvgIpc) is 3.15. The number of rotatable bonds is 4. The van der Waals surface area contributed by atoms with Crippen LogP contribution in [0.5, 0.6) is 0 Å². The standard InChI is InChI=1S/C19H27N5O/c1-12(2)24(16-8-6-7-9-16)18(25)17-11-23(22-15(17)5)19-20-13(3)10-14(4)21-19/h10-12,16H,6-9H2,1-5H3. The van der Waals surface area contributed by atoms with Crippen LogP contribution in [0.2, 0.25) is 0 Å². The third-order valence-corrected chi connectivity index (χ3v) is 4.81. The average molecular weight is 341 g/mol. The zero-order chi connectivity index (χ0) is 18.1. The quantitative estimate of drug-likeness (QED) is 0.855. The molecule has 6 nitrogen and oxygen atoms in total. The maximum atomic E-state index is 13.2. The molecule has 0 aliphatic heterocycles. The van der Waals surface area contributed by atoms with E-state index < -0.39 is 0 Å². The minimum Gasteiger partial charge on any atom is -0.333 e. The van der Waals surface area contributed by atoms with Crippen molar-refractivity contribution in [1.82, 2.24) is 24.6 Å². The Morgan fingerprint density at radius 2 is 1.76 bits per heavy atom. The molecule has 1 amide bonds. The summed E-state index contributed by atoms with van der Waals surface area (Å²) in [5, 5.41) is 4.50. The number of amides is 1. The van der Waals surface area contributed by atoms with Crippen molar-refractivity contribution in [2.45, 2.75) is 72.4 Å². The molecule has 0 bridgehead atoms. The van der Waals surface area contributed by atoms with Gasteiger partial charge in [0, 0.05) is 29.7 Å². The van der Waals surface area contributed by atoms with Crippen LogP contribution in [0.25, 0.3) is 5.95 Å². The van der Waals surface area contributed by atoms with Crippen LogP contribution in [0.3, 0.4) is 0 Å². The molecule has 1 aliphatic rings. The second-order valence-corrected chi connectivity index (χ2v) is 7.27. The Morgan fingerprint density at radius 1 is 1.16 bits per heavy atom. The number of nitrogens with zero attached hydrogens (tertiary/aromatic N) is 5.